The fourth-order valence-corrected chi connectivity index (χ4v) is 0.602. The number of rotatable bonds is 2. The van der Waals surface area contributed by atoms with Crippen molar-refractivity contribution in [2.45, 2.75) is 0 Å². The van der Waals surface area contributed by atoms with Crippen LogP contribution >= 0.6 is 0 Å². The molecule has 5 heteroatoms. The molecule has 76 valence electrons. The highest BCUT2D eigenvalue weighted by Crippen LogP contribution is 1.94. The smallest absolute Gasteiger partial charge is 0.329 e. The molecular weight excluding hydrogens is 186 g/mol. The van der Waals surface area contributed by atoms with Gasteiger partial charge >= 0.3 is 5.97 Å². The van der Waals surface area contributed by atoms with Crippen LogP contribution in [0.4, 0.5) is 0 Å². The van der Waals surface area contributed by atoms with E-state index < -0.39 is 12.6 Å². The molecule has 0 saturated heterocycles. The Bertz CT molecular complexity index is 297. The van der Waals surface area contributed by atoms with Crippen molar-refractivity contribution in [2.75, 3.05) is 6.61 Å². The lowest BCUT2D eigenvalue weighted by atomic mass is 10.2. The van der Waals surface area contributed by atoms with Crippen LogP contribution in [0.2, 0.25) is 0 Å². The molecular formula is C9H11NO4. The van der Waals surface area contributed by atoms with Crippen LogP contribution in [0.5, 0.6) is 0 Å². The second kappa shape index (κ2) is 6.62. The van der Waals surface area contributed by atoms with E-state index in [9.17, 15) is 4.79 Å². The molecule has 0 radical (unpaired) electrons. The van der Waals surface area contributed by atoms with Crippen LogP contribution in [-0.4, -0.2) is 28.7 Å². The molecule has 0 fully saturated rings. The zero-order valence-electron chi connectivity index (χ0n) is 7.38. The Morgan fingerprint density at radius 2 is 1.64 bits per heavy atom. The third kappa shape index (κ3) is 5.73. The van der Waals surface area contributed by atoms with Gasteiger partial charge in [0.05, 0.1) is 0 Å². The number of carboxylic acids is 1. The molecule has 0 saturated carbocycles. The van der Waals surface area contributed by atoms with Gasteiger partial charge in [-0.25, -0.2) is 4.79 Å². The first-order valence-electron chi connectivity index (χ1n) is 3.75. The van der Waals surface area contributed by atoms with E-state index in [1.807, 2.05) is 6.07 Å². The zero-order chi connectivity index (χ0) is 11.0. The number of aliphatic hydroxyl groups is 1. The molecule has 1 aromatic rings. The number of aliphatic carboxylic acids is 1. The van der Waals surface area contributed by atoms with Gasteiger partial charge in [-0.1, -0.05) is 18.2 Å². The molecule has 14 heavy (non-hydrogen) atoms. The summed E-state index contributed by atoms with van der Waals surface area (Å²) in [6.07, 6.45) is 0. The molecule has 0 unspecified atom stereocenters. The first-order chi connectivity index (χ1) is 6.57. The lowest BCUT2D eigenvalue weighted by Gasteiger charge is -1.89. The summed E-state index contributed by atoms with van der Waals surface area (Å²) in [6, 6.07) is 8.76. The third-order valence-electron chi connectivity index (χ3n) is 1.19. The van der Waals surface area contributed by atoms with Gasteiger partial charge in [-0.2, -0.15) is 0 Å². The van der Waals surface area contributed by atoms with Crippen molar-refractivity contribution in [3.05, 3.63) is 35.9 Å². The van der Waals surface area contributed by atoms with Crippen molar-refractivity contribution in [2.24, 2.45) is 5.73 Å². The highest BCUT2D eigenvalue weighted by Gasteiger charge is 1.93. The Morgan fingerprint density at radius 1 is 1.21 bits per heavy atom. The Kier molecular flexibility index (Phi) is 5.73. The number of hydrogen-bond donors (Lipinski definition) is 3. The minimum Gasteiger partial charge on any atom is -0.480 e. The maximum atomic E-state index is 10.4. The third-order valence-corrected chi connectivity index (χ3v) is 1.19. The first kappa shape index (κ1) is 12.1. The molecule has 0 atom stereocenters. The molecule has 5 nitrogen and oxygen atoms in total. The molecule has 0 bridgehead atoms. The van der Waals surface area contributed by atoms with Gasteiger partial charge in [0.15, 0.2) is 0 Å². The fourth-order valence-electron chi connectivity index (χ4n) is 0.602. The Hall–Kier alpha value is -1.88. The molecule has 0 heterocycles. The number of carbonyl (C=O) groups is 2. The molecule has 0 aliphatic rings. The monoisotopic (exact) mass is 197 g/mol. The topological polar surface area (TPSA) is 101 Å². The maximum Gasteiger partial charge on any atom is 0.329 e. The van der Waals surface area contributed by atoms with Crippen LogP contribution in [-0.2, 0) is 4.79 Å². The molecule has 0 spiro atoms. The van der Waals surface area contributed by atoms with E-state index in [1.54, 1.807) is 24.3 Å². The summed E-state index contributed by atoms with van der Waals surface area (Å²) >= 11 is 0. The number of benzene rings is 1. The Morgan fingerprint density at radius 3 is 1.86 bits per heavy atom. The fraction of sp³-hybridized carbons (Fsp3) is 0.111. The second-order valence-corrected chi connectivity index (χ2v) is 2.28. The summed E-state index contributed by atoms with van der Waals surface area (Å²) < 4.78 is 0. The first-order valence-corrected chi connectivity index (χ1v) is 3.75. The SMILES string of the molecule is NC(=O)c1ccccc1.O=C(O)CO. The van der Waals surface area contributed by atoms with Gasteiger partial charge < -0.3 is 15.9 Å². The molecule has 0 aliphatic carbocycles. The number of amides is 1. The second-order valence-electron chi connectivity index (χ2n) is 2.28. The van der Waals surface area contributed by atoms with Gasteiger partial charge in [-0.3, -0.25) is 4.79 Å². The largest absolute Gasteiger partial charge is 0.480 e. The highest BCUT2D eigenvalue weighted by molar-refractivity contribution is 5.92. The van der Waals surface area contributed by atoms with Gasteiger partial charge in [-0.05, 0) is 12.1 Å². The number of primary amides is 1. The van der Waals surface area contributed by atoms with E-state index in [0.29, 0.717) is 5.56 Å². The molecule has 4 N–H and O–H groups in total. The predicted molar refractivity (Wildman–Crippen MR) is 49.7 cm³/mol. The van der Waals surface area contributed by atoms with Gasteiger partial charge in [-0.15, -0.1) is 0 Å². The van der Waals surface area contributed by atoms with Crippen molar-refractivity contribution >= 4 is 11.9 Å². The quantitative estimate of drug-likeness (QED) is 0.613. The van der Waals surface area contributed by atoms with Crippen LogP contribution in [0.15, 0.2) is 30.3 Å². The molecule has 1 amide bonds. The van der Waals surface area contributed by atoms with Crippen LogP contribution in [0.25, 0.3) is 0 Å². The summed E-state index contributed by atoms with van der Waals surface area (Å²) in [5.41, 5.74) is 5.53. The average Bonchev–Trinajstić information content (AvgIpc) is 2.20. The van der Waals surface area contributed by atoms with Gasteiger partial charge in [0, 0.05) is 5.56 Å². The van der Waals surface area contributed by atoms with Crippen molar-refractivity contribution in [1.29, 1.82) is 0 Å². The predicted octanol–water partition coefficient (Wildman–Crippen LogP) is -0.151. The summed E-state index contributed by atoms with van der Waals surface area (Å²) in [7, 11) is 0. The summed E-state index contributed by atoms with van der Waals surface area (Å²) in [5.74, 6) is -1.57. The normalized spacial score (nSPS) is 8.36. The van der Waals surface area contributed by atoms with Gasteiger partial charge in [0.2, 0.25) is 5.91 Å². The minimum atomic E-state index is -1.19. The Balaban J connectivity index is 0.000000292. The number of nitrogens with two attached hydrogens (primary N) is 1. The molecule has 0 aliphatic heterocycles. The van der Waals surface area contributed by atoms with E-state index in [0.717, 1.165) is 0 Å². The van der Waals surface area contributed by atoms with Crippen LogP contribution in [0, 0.1) is 0 Å². The molecule has 1 aromatic carbocycles. The van der Waals surface area contributed by atoms with Crippen LogP contribution in [0.3, 0.4) is 0 Å². The molecule has 1 rings (SSSR count). The van der Waals surface area contributed by atoms with E-state index >= 15 is 0 Å². The van der Waals surface area contributed by atoms with Gasteiger partial charge in [0.25, 0.3) is 0 Å². The van der Waals surface area contributed by atoms with E-state index in [-0.39, 0.29) is 5.91 Å². The van der Waals surface area contributed by atoms with Crippen molar-refractivity contribution < 1.29 is 19.8 Å². The van der Waals surface area contributed by atoms with Crippen molar-refractivity contribution in [3.63, 3.8) is 0 Å². The highest BCUT2D eigenvalue weighted by atomic mass is 16.4. The lowest BCUT2D eigenvalue weighted by Crippen LogP contribution is -2.09. The van der Waals surface area contributed by atoms with Crippen molar-refractivity contribution in [1.82, 2.24) is 0 Å². The number of carboxylic acid groups (broad SMARTS) is 1. The van der Waals surface area contributed by atoms with Crippen LogP contribution in [0.1, 0.15) is 10.4 Å². The summed E-state index contributed by atoms with van der Waals surface area (Å²) in [6.45, 7) is -0.778. The zero-order valence-corrected chi connectivity index (χ0v) is 7.38. The van der Waals surface area contributed by atoms with E-state index in [4.69, 9.17) is 20.7 Å². The summed E-state index contributed by atoms with van der Waals surface area (Å²) in [4.78, 5) is 19.5. The standard InChI is InChI=1S/C7H7NO.C2H4O3/c8-7(9)6-4-2-1-3-5-6;3-1-2(4)5/h1-5H,(H2,8,9);3H,1H2,(H,4,5). The maximum absolute atomic E-state index is 10.4. The van der Waals surface area contributed by atoms with Crippen molar-refractivity contribution in [3.8, 4) is 0 Å². The van der Waals surface area contributed by atoms with Gasteiger partial charge in [0.1, 0.15) is 6.61 Å². The number of carbonyl (C=O) groups excluding carboxylic acids is 1. The lowest BCUT2D eigenvalue weighted by molar-refractivity contribution is -0.140. The number of aliphatic hydroxyl groups excluding tert-OH is 1. The van der Waals surface area contributed by atoms with E-state index in [2.05, 4.69) is 0 Å². The molecule has 0 aromatic heterocycles. The average molecular weight is 197 g/mol. The Labute approximate surface area is 80.8 Å². The number of hydrogen-bond acceptors (Lipinski definition) is 3. The van der Waals surface area contributed by atoms with Crippen LogP contribution < -0.4 is 5.73 Å². The minimum absolute atomic E-state index is 0.379. The van der Waals surface area contributed by atoms with E-state index in [1.165, 1.54) is 0 Å². The summed E-state index contributed by atoms with van der Waals surface area (Å²) in [5, 5.41) is 15.0.